The Morgan fingerprint density at radius 2 is 1.77 bits per heavy atom. The van der Waals surface area contributed by atoms with E-state index in [0.717, 1.165) is 51.5 Å². The van der Waals surface area contributed by atoms with Crippen LogP contribution in [0.15, 0.2) is 60.8 Å². The Hall–Kier alpha value is -2.98. The number of rotatable bonds is 6. The van der Waals surface area contributed by atoms with Crippen molar-refractivity contribution in [2.45, 2.75) is 19.3 Å². The summed E-state index contributed by atoms with van der Waals surface area (Å²) in [6, 6.07) is 17.9. The van der Waals surface area contributed by atoms with Crippen molar-refractivity contribution < 1.29 is 4.79 Å². The number of carbonyl (C=O) groups excluding carboxylic acids is 1. The van der Waals surface area contributed by atoms with Crippen LogP contribution in [0.1, 0.15) is 29.6 Å². The van der Waals surface area contributed by atoms with Crippen molar-refractivity contribution in [3.8, 4) is 11.3 Å². The van der Waals surface area contributed by atoms with E-state index in [4.69, 9.17) is 10.7 Å². The first-order chi connectivity index (χ1) is 12.8. The molecule has 4 nitrogen and oxygen atoms in total. The molecule has 0 radical (unpaired) electrons. The second kappa shape index (κ2) is 7.10. The minimum absolute atomic E-state index is 0.151. The Balaban J connectivity index is 1.85. The Morgan fingerprint density at radius 1 is 1.00 bits per heavy atom. The maximum atomic E-state index is 12.8. The zero-order chi connectivity index (χ0) is 17.9. The van der Waals surface area contributed by atoms with Crippen molar-refractivity contribution in [2.75, 3.05) is 6.54 Å². The lowest BCUT2D eigenvalue weighted by Gasteiger charge is -2.09. The van der Waals surface area contributed by atoms with Crippen LogP contribution < -0.4 is 5.73 Å². The standard InChI is InChI=1S/C22H21N3O/c23-12-6-5-11-22(26)17-13-21(25-20-10-4-2-7-15(17)20)18-14-24-19-9-3-1-8-16(18)19/h1-4,7-10,13-14,24H,5-6,11-12,23H2. The van der Waals surface area contributed by atoms with E-state index in [1.165, 1.54) is 0 Å². The quantitative estimate of drug-likeness (QED) is 0.394. The normalized spacial score (nSPS) is 11.3. The number of para-hydroxylation sites is 2. The molecule has 0 saturated carbocycles. The van der Waals surface area contributed by atoms with Gasteiger partial charge in [0.15, 0.2) is 5.78 Å². The molecule has 0 aliphatic heterocycles. The average molecular weight is 343 g/mol. The molecule has 130 valence electrons. The van der Waals surface area contributed by atoms with E-state index in [2.05, 4.69) is 11.1 Å². The van der Waals surface area contributed by atoms with Gasteiger partial charge < -0.3 is 10.7 Å². The van der Waals surface area contributed by atoms with Crippen LogP contribution in [-0.2, 0) is 0 Å². The van der Waals surface area contributed by atoms with Crippen molar-refractivity contribution in [1.29, 1.82) is 0 Å². The van der Waals surface area contributed by atoms with Crippen molar-refractivity contribution in [1.82, 2.24) is 9.97 Å². The van der Waals surface area contributed by atoms with E-state index in [9.17, 15) is 4.79 Å². The van der Waals surface area contributed by atoms with Crippen LogP contribution in [0.5, 0.6) is 0 Å². The van der Waals surface area contributed by atoms with E-state index in [1.54, 1.807) is 0 Å². The van der Waals surface area contributed by atoms with E-state index < -0.39 is 0 Å². The number of carbonyl (C=O) groups is 1. The zero-order valence-corrected chi connectivity index (χ0v) is 14.5. The predicted octanol–water partition coefficient (Wildman–Crippen LogP) is 4.69. The monoisotopic (exact) mass is 343 g/mol. The Labute approximate surface area is 152 Å². The number of unbranched alkanes of at least 4 members (excludes halogenated alkanes) is 1. The van der Waals surface area contributed by atoms with Gasteiger partial charge in [0, 0.05) is 40.0 Å². The van der Waals surface area contributed by atoms with Crippen LogP contribution in [0.25, 0.3) is 33.1 Å². The first-order valence-electron chi connectivity index (χ1n) is 8.97. The first kappa shape index (κ1) is 16.5. The highest BCUT2D eigenvalue weighted by atomic mass is 16.1. The number of Topliss-reactive ketones (excluding diaryl/α,β-unsaturated/α-hetero) is 1. The molecule has 0 fully saturated rings. The highest BCUT2D eigenvalue weighted by molar-refractivity contribution is 6.09. The van der Waals surface area contributed by atoms with E-state index in [0.29, 0.717) is 13.0 Å². The van der Waals surface area contributed by atoms with Gasteiger partial charge in [0.25, 0.3) is 0 Å². The summed E-state index contributed by atoms with van der Waals surface area (Å²) >= 11 is 0. The summed E-state index contributed by atoms with van der Waals surface area (Å²) in [4.78, 5) is 20.9. The molecule has 26 heavy (non-hydrogen) atoms. The van der Waals surface area contributed by atoms with Crippen LogP contribution in [0, 0.1) is 0 Å². The van der Waals surface area contributed by atoms with Gasteiger partial charge in [-0.05, 0) is 37.6 Å². The van der Waals surface area contributed by atoms with E-state index >= 15 is 0 Å². The van der Waals surface area contributed by atoms with Crippen molar-refractivity contribution in [3.05, 3.63) is 66.4 Å². The highest BCUT2D eigenvalue weighted by Crippen LogP contribution is 2.31. The second-order valence-electron chi connectivity index (χ2n) is 6.49. The summed E-state index contributed by atoms with van der Waals surface area (Å²) in [6.45, 7) is 0.616. The molecule has 3 N–H and O–H groups in total. The van der Waals surface area contributed by atoms with Crippen molar-refractivity contribution in [2.24, 2.45) is 5.73 Å². The van der Waals surface area contributed by atoms with Crippen LogP contribution in [0.4, 0.5) is 0 Å². The largest absolute Gasteiger partial charge is 0.360 e. The maximum Gasteiger partial charge on any atom is 0.163 e. The van der Waals surface area contributed by atoms with E-state index in [-0.39, 0.29) is 5.78 Å². The maximum absolute atomic E-state index is 12.8. The lowest BCUT2D eigenvalue weighted by atomic mass is 9.98. The number of nitrogens with two attached hydrogens (primary N) is 1. The van der Waals surface area contributed by atoms with Crippen LogP contribution in [0.3, 0.4) is 0 Å². The fraction of sp³-hybridized carbons (Fsp3) is 0.182. The number of nitrogens with one attached hydrogen (secondary N) is 1. The summed E-state index contributed by atoms with van der Waals surface area (Å²) in [5, 5.41) is 2.02. The summed E-state index contributed by atoms with van der Waals surface area (Å²) in [7, 11) is 0. The molecule has 2 aromatic carbocycles. The van der Waals surface area contributed by atoms with Gasteiger partial charge in [0.1, 0.15) is 0 Å². The van der Waals surface area contributed by atoms with Gasteiger partial charge in [-0.25, -0.2) is 4.98 Å². The van der Waals surface area contributed by atoms with Gasteiger partial charge in [-0.1, -0.05) is 36.4 Å². The third-order valence-electron chi connectivity index (χ3n) is 4.74. The van der Waals surface area contributed by atoms with Gasteiger partial charge in [-0.2, -0.15) is 0 Å². The molecule has 2 aromatic heterocycles. The summed E-state index contributed by atoms with van der Waals surface area (Å²) in [5.74, 6) is 0.151. The number of hydrogen-bond acceptors (Lipinski definition) is 3. The van der Waals surface area contributed by atoms with Gasteiger partial charge >= 0.3 is 0 Å². The fourth-order valence-electron chi connectivity index (χ4n) is 3.39. The smallest absolute Gasteiger partial charge is 0.163 e. The molecule has 4 heteroatoms. The summed E-state index contributed by atoms with van der Waals surface area (Å²) in [5.41, 5.74) is 10.1. The molecule has 0 spiro atoms. The highest BCUT2D eigenvalue weighted by Gasteiger charge is 2.15. The first-order valence-corrected chi connectivity index (χ1v) is 8.97. The summed E-state index contributed by atoms with van der Waals surface area (Å²) in [6.07, 6.45) is 4.15. The zero-order valence-electron chi connectivity index (χ0n) is 14.5. The molecule has 4 aromatic rings. The van der Waals surface area contributed by atoms with Crippen LogP contribution >= 0.6 is 0 Å². The molecule has 0 saturated heterocycles. The molecule has 0 atom stereocenters. The molecule has 2 heterocycles. The molecule has 4 rings (SSSR count). The third-order valence-corrected chi connectivity index (χ3v) is 4.74. The van der Waals surface area contributed by atoms with Crippen molar-refractivity contribution >= 4 is 27.6 Å². The lowest BCUT2D eigenvalue weighted by molar-refractivity contribution is 0.0981. The van der Waals surface area contributed by atoms with Gasteiger partial charge in [0.2, 0.25) is 0 Å². The number of pyridine rings is 1. The Bertz CT molecular complexity index is 1080. The average Bonchev–Trinajstić information content (AvgIpc) is 3.11. The van der Waals surface area contributed by atoms with Crippen LogP contribution in [0.2, 0.25) is 0 Å². The second-order valence-corrected chi connectivity index (χ2v) is 6.49. The number of benzene rings is 2. The molecular weight excluding hydrogens is 322 g/mol. The molecule has 0 aliphatic carbocycles. The Kier molecular flexibility index (Phi) is 4.50. The number of H-pyrrole nitrogens is 1. The molecule has 0 unspecified atom stereocenters. The number of aromatic amines is 1. The SMILES string of the molecule is NCCCCC(=O)c1cc(-c2c[nH]c3ccccc23)nc2ccccc12. The summed E-state index contributed by atoms with van der Waals surface area (Å²) < 4.78 is 0. The molecule has 0 amide bonds. The Morgan fingerprint density at radius 3 is 2.62 bits per heavy atom. The number of fused-ring (bicyclic) bond motifs is 2. The van der Waals surface area contributed by atoms with Crippen LogP contribution in [-0.4, -0.2) is 22.3 Å². The third kappa shape index (κ3) is 3.00. The molecular formula is C22H21N3O. The minimum Gasteiger partial charge on any atom is -0.360 e. The fourth-order valence-corrected chi connectivity index (χ4v) is 3.39. The lowest BCUT2D eigenvalue weighted by Crippen LogP contribution is -2.04. The van der Waals surface area contributed by atoms with Gasteiger partial charge in [-0.3, -0.25) is 4.79 Å². The van der Waals surface area contributed by atoms with Gasteiger partial charge in [0.05, 0.1) is 11.2 Å². The number of hydrogen-bond donors (Lipinski definition) is 2. The minimum atomic E-state index is 0.151. The van der Waals surface area contributed by atoms with Crippen molar-refractivity contribution in [3.63, 3.8) is 0 Å². The number of ketones is 1. The predicted molar refractivity (Wildman–Crippen MR) is 106 cm³/mol. The number of nitrogens with zero attached hydrogens (tertiary/aromatic N) is 1. The topological polar surface area (TPSA) is 71.8 Å². The van der Waals surface area contributed by atoms with Gasteiger partial charge in [-0.15, -0.1) is 0 Å². The molecule has 0 aliphatic rings. The molecule has 0 bridgehead atoms. The number of aromatic nitrogens is 2. The van der Waals surface area contributed by atoms with E-state index in [1.807, 2.05) is 54.7 Å².